The number of aliphatic carboxylic acids is 1. The van der Waals surface area contributed by atoms with Crippen LogP contribution in [0.5, 0.6) is 0 Å². The van der Waals surface area contributed by atoms with E-state index in [1.807, 2.05) is 0 Å². The van der Waals surface area contributed by atoms with E-state index < -0.39 is 17.4 Å². The number of hydrogen-bond donors (Lipinski definition) is 2. The second kappa shape index (κ2) is 5.76. The van der Waals surface area contributed by atoms with Crippen LogP contribution in [0.2, 0.25) is 0 Å². The van der Waals surface area contributed by atoms with Crippen molar-refractivity contribution in [3.63, 3.8) is 0 Å². The van der Waals surface area contributed by atoms with Crippen molar-refractivity contribution in [1.82, 2.24) is 25.5 Å². The fourth-order valence-corrected chi connectivity index (χ4v) is 2.40. The number of rotatable bonds is 4. The van der Waals surface area contributed by atoms with Gasteiger partial charge in [-0.05, 0) is 41.6 Å². The normalized spacial score (nSPS) is 20.4. The zero-order chi connectivity index (χ0) is 16.4. The third-order valence-electron chi connectivity index (χ3n) is 3.78. The number of carboxylic acids is 1. The lowest BCUT2D eigenvalue weighted by Gasteiger charge is -2.23. The molecule has 1 aliphatic rings. The molecule has 9 heteroatoms. The number of nitrogens with one attached hydrogen (secondary N) is 1. The second-order valence-corrected chi connectivity index (χ2v) is 5.33. The van der Waals surface area contributed by atoms with Gasteiger partial charge in [-0.3, -0.25) is 4.79 Å². The van der Waals surface area contributed by atoms with Crippen LogP contribution in [0.4, 0.5) is 0 Å². The van der Waals surface area contributed by atoms with Gasteiger partial charge >= 0.3 is 5.97 Å². The highest BCUT2D eigenvalue weighted by molar-refractivity contribution is 5.98. The standard InChI is InChI=1S/C14H15N5O4/c1-9-16-17-18-19(9)11-4-2-10(3-5-11)12(20)15-14(13(21)22)6-7-23-8-14/h2-5H,6-8H2,1H3,(H,15,20)(H,21,22). The summed E-state index contributed by atoms with van der Waals surface area (Å²) in [6, 6.07) is 6.57. The molecule has 1 fully saturated rings. The Morgan fingerprint density at radius 2 is 2.09 bits per heavy atom. The van der Waals surface area contributed by atoms with Gasteiger partial charge in [-0.2, -0.15) is 4.68 Å². The van der Waals surface area contributed by atoms with E-state index in [1.165, 1.54) is 4.68 Å². The van der Waals surface area contributed by atoms with E-state index in [-0.39, 0.29) is 13.0 Å². The lowest BCUT2D eigenvalue weighted by atomic mass is 9.98. The highest BCUT2D eigenvalue weighted by atomic mass is 16.5. The summed E-state index contributed by atoms with van der Waals surface area (Å²) in [6.45, 7) is 2.04. The number of aromatic nitrogens is 4. The van der Waals surface area contributed by atoms with Gasteiger partial charge in [0.25, 0.3) is 5.91 Å². The van der Waals surface area contributed by atoms with Crippen molar-refractivity contribution in [2.75, 3.05) is 13.2 Å². The molecule has 1 saturated heterocycles. The van der Waals surface area contributed by atoms with Crippen molar-refractivity contribution in [2.45, 2.75) is 18.9 Å². The van der Waals surface area contributed by atoms with Gasteiger partial charge in [0.15, 0.2) is 11.4 Å². The third-order valence-corrected chi connectivity index (χ3v) is 3.78. The van der Waals surface area contributed by atoms with Gasteiger partial charge in [0.1, 0.15) is 0 Å². The quantitative estimate of drug-likeness (QED) is 0.811. The van der Waals surface area contributed by atoms with Crippen LogP contribution in [0.25, 0.3) is 5.69 Å². The summed E-state index contributed by atoms with van der Waals surface area (Å²) in [7, 11) is 0. The highest BCUT2D eigenvalue weighted by Crippen LogP contribution is 2.20. The molecule has 2 aromatic rings. The van der Waals surface area contributed by atoms with Crippen LogP contribution < -0.4 is 5.32 Å². The van der Waals surface area contributed by atoms with E-state index in [0.29, 0.717) is 23.7 Å². The lowest BCUT2D eigenvalue weighted by molar-refractivity contribution is -0.144. The molecule has 3 rings (SSSR count). The summed E-state index contributed by atoms with van der Waals surface area (Å²) in [5, 5.41) is 23.1. The molecule has 1 aromatic heterocycles. The van der Waals surface area contributed by atoms with Crippen molar-refractivity contribution in [1.29, 1.82) is 0 Å². The zero-order valence-electron chi connectivity index (χ0n) is 12.4. The first-order chi connectivity index (χ1) is 11.0. The Morgan fingerprint density at radius 3 is 2.61 bits per heavy atom. The monoisotopic (exact) mass is 317 g/mol. The smallest absolute Gasteiger partial charge is 0.331 e. The lowest BCUT2D eigenvalue weighted by Crippen LogP contribution is -2.55. The average Bonchev–Trinajstić information content (AvgIpc) is 3.17. The number of benzene rings is 1. The number of ether oxygens (including phenoxy) is 1. The molecule has 0 bridgehead atoms. The van der Waals surface area contributed by atoms with Crippen molar-refractivity contribution in [3.8, 4) is 5.69 Å². The molecule has 120 valence electrons. The molecule has 1 aromatic carbocycles. The third kappa shape index (κ3) is 2.78. The fraction of sp³-hybridized carbons (Fsp3) is 0.357. The van der Waals surface area contributed by atoms with Crippen molar-refractivity contribution >= 4 is 11.9 Å². The molecular weight excluding hydrogens is 302 g/mol. The molecule has 9 nitrogen and oxygen atoms in total. The molecule has 0 spiro atoms. The maximum absolute atomic E-state index is 12.3. The van der Waals surface area contributed by atoms with Crippen LogP contribution in [-0.2, 0) is 9.53 Å². The molecule has 0 radical (unpaired) electrons. The Balaban J connectivity index is 1.78. The van der Waals surface area contributed by atoms with E-state index in [2.05, 4.69) is 20.8 Å². The highest BCUT2D eigenvalue weighted by Gasteiger charge is 2.44. The van der Waals surface area contributed by atoms with E-state index in [0.717, 1.165) is 0 Å². The van der Waals surface area contributed by atoms with Crippen molar-refractivity contribution in [3.05, 3.63) is 35.7 Å². The summed E-state index contributed by atoms with van der Waals surface area (Å²) >= 11 is 0. The minimum absolute atomic E-state index is 0.0318. The molecule has 23 heavy (non-hydrogen) atoms. The number of carboxylic acid groups (broad SMARTS) is 1. The molecule has 0 saturated carbocycles. The maximum atomic E-state index is 12.3. The summed E-state index contributed by atoms with van der Waals surface area (Å²) in [6.07, 6.45) is 0.246. The van der Waals surface area contributed by atoms with Gasteiger partial charge < -0.3 is 15.2 Å². The van der Waals surface area contributed by atoms with Crippen LogP contribution >= 0.6 is 0 Å². The number of nitrogens with zero attached hydrogens (tertiary/aromatic N) is 4. The molecule has 2 heterocycles. The van der Waals surface area contributed by atoms with Crippen LogP contribution in [0, 0.1) is 6.92 Å². The van der Waals surface area contributed by atoms with Gasteiger partial charge in [0, 0.05) is 18.6 Å². The van der Waals surface area contributed by atoms with Gasteiger partial charge in [0.05, 0.1) is 12.3 Å². The fourth-order valence-electron chi connectivity index (χ4n) is 2.40. The number of hydrogen-bond acceptors (Lipinski definition) is 6. The molecule has 1 amide bonds. The minimum atomic E-state index is -1.36. The SMILES string of the molecule is Cc1nnnn1-c1ccc(C(=O)NC2(C(=O)O)CCOC2)cc1. The van der Waals surface area contributed by atoms with Gasteiger partial charge in [-0.25, -0.2) is 4.79 Å². The van der Waals surface area contributed by atoms with Crippen LogP contribution in [-0.4, -0.2) is 55.9 Å². The molecule has 1 atom stereocenters. The predicted molar refractivity (Wildman–Crippen MR) is 77.2 cm³/mol. The first kappa shape index (κ1) is 15.1. The van der Waals surface area contributed by atoms with E-state index >= 15 is 0 Å². The minimum Gasteiger partial charge on any atom is -0.479 e. The number of tetrazole rings is 1. The molecule has 2 N–H and O–H groups in total. The Hall–Kier alpha value is -2.81. The van der Waals surface area contributed by atoms with Crippen LogP contribution in [0.1, 0.15) is 22.6 Å². The Labute approximate surface area is 131 Å². The zero-order valence-corrected chi connectivity index (χ0v) is 12.4. The van der Waals surface area contributed by atoms with Crippen molar-refractivity contribution < 1.29 is 19.4 Å². The first-order valence-corrected chi connectivity index (χ1v) is 7.01. The molecule has 0 aliphatic carbocycles. The number of carbonyl (C=O) groups is 2. The number of amides is 1. The maximum Gasteiger partial charge on any atom is 0.331 e. The van der Waals surface area contributed by atoms with Crippen LogP contribution in [0.15, 0.2) is 24.3 Å². The van der Waals surface area contributed by atoms with Crippen molar-refractivity contribution in [2.24, 2.45) is 0 Å². The van der Waals surface area contributed by atoms with Gasteiger partial charge in [-0.15, -0.1) is 5.10 Å². The molecular formula is C14H15N5O4. The summed E-state index contributed by atoms with van der Waals surface area (Å²) in [5.74, 6) is -0.933. The number of carbonyl (C=O) groups excluding carboxylic acids is 1. The van der Waals surface area contributed by atoms with Gasteiger partial charge in [-0.1, -0.05) is 0 Å². The van der Waals surface area contributed by atoms with Gasteiger partial charge in [0.2, 0.25) is 0 Å². The molecule has 1 aliphatic heterocycles. The predicted octanol–water partition coefficient (Wildman–Crippen LogP) is -0.0558. The number of aryl methyl sites for hydroxylation is 1. The summed E-state index contributed by atoms with van der Waals surface area (Å²) < 4.78 is 6.65. The van der Waals surface area contributed by atoms with E-state index in [9.17, 15) is 14.7 Å². The van der Waals surface area contributed by atoms with E-state index in [1.54, 1.807) is 31.2 Å². The summed E-state index contributed by atoms with van der Waals surface area (Å²) in [5.41, 5.74) is -0.296. The molecule has 1 unspecified atom stereocenters. The van der Waals surface area contributed by atoms with Crippen LogP contribution in [0.3, 0.4) is 0 Å². The average molecular weight is 317 g/mol. The summed E-state index contributed by atoms with van der Waals surface area (Å²) in [4.78, 5) is 23.7. The topological polar surface area (TPSA) is 119 Å². The largest absolute Gasteiger partial charge is 0.479 e. The Kier molecular flexibility index (Phi) is 3.78. The Bertz CT molecular complexity index is 734. The second-order valence-electron chi connectivity index (χ2n) is 5.33. The van der Waals surface area contributed by atoms with E-state index in [4.69, 9.17) is 4.74 Å². The first-order valence-electron chi connectivity index (χ1n) is 7.01. The Morgan fingerprint density at radius 1 is 1.35 bits per heavy atom.